The molecule has 0 saturated carbocycles. The van der Waals surface area contributed by atoms with Gasteiger partial charge in [0.25, 0.3) is 0 Å². The van der Waals surface area contributed by atoms with Crippen LogP contribution in [0.1, 0.15) is 0 Å². The van der Waals surface area contributed by atoms with Crippen molar-refractivity contribution in [3.8, 4) is 0 Å². The summed E-state index contributed by atoms with van der Waals surface area (Å²) in [6.45, 7) is 0. The maximum absolute atomic E-state index is 3.17. The van der Waals surface area contributed by atoms with Gasteiger partial charge in [0.15, 0.2) is 0 Å². The van der Waals surface area contributed by atoms with E-state index in [-0.39, 0.29) is 0 Å². The second kappa shape index (κ2) is 6.96. The van der Waals surface area contributed by atoms with E-state index in [0.717, 1.165) is 0 Å². The number of rotatable bonds is 2. The molecular formula is C4H4Br2Se. The van der Waals surface area contributed by atoms with Crippen molar-refractivity contribution in [1.29, 1.82) is 0 Å². The van der Waals surface area contributed by atoms with E-state index in [1.165, 1.54) is 0 Å². The Kier molecular flexibility index (Phi) is 7.91. The Labute approximate surface area is 66.5 Å². The van der Waals surface area contributed by atoms with Gasteiger partial charge in [-0.1, -0.05) is 0 Å². The summed E-state index contributed by atoms with van der Waals surface area (Å²) in [6.07, 6.45) is 0. The summed E-state index contributed by atoms with van der Waals surface area (Å²) in [5.41, 5.74) is 0. The van der Waals surface area contributed by atoms with Gasteiger partial charge in [-0.05, 0) is 0 Å². The van der Waals surface area contributed by atoms with Gasteiger partial charge in [-0.25, -0.2) is 0 Å². The van der Waals surface area contributed by atoms with Crippen molar-refractivity contribution in [3.63, 3.8) is 0 Å². The van der Waals surface area contributed by atoms with Crippen LogP contribution in [0.25, 0.3) is 0 Å². The van der Waals surface area contributed by atoms with Crippen LogP contribution in [0.3, 0.4) is 0 Å². The summed E-state index contributed by atoms with van der Waals surface area (Å²) < 4.78 is 0. The van der Waals surface area contributed by atoms with Crippen molar-refractivity contribution in [3.05, 3.63) is 19.9 Å². The molecule has 40 valence electrons. The molecule has 0 N–H and O–H groups in total. The van der Waals surface area contributed by atoms with Gasteiger partial charge >= 0.3 is 66.7 Å². The Hall–Kier alpha value is 0.959. The van der Waals surface area contributed by atoms with Crippen molar-refractivity contribution >= 4 is 46.8 Å². The summed E-state index contributed by atoms with van der Waals surface area (Å²) in [4.78, 5) is 7.90. The van der Waals surface area contributed by atoms with Crippen molar-refractivity contribution in [1.82, 2.24) is 0 Å². The Balaban J connectivity index is 2.98. The van der Waals surface area contributed by atoms with Gasteiger partial charge in [-0.2, -0.15) is 0 Å². The molecule has 3 heteroatoms. The minimum absolute atomic E-state index is 0.521. The monoisotopic (exact) mass is 290 g/mol. The standard InChI is InChI=1S/C4H4Br2Se/c5-1-3-7-4-2-6/h1-4H. The first-order valence-electron chi connectivity index (χ1n) is 1.57. The molecule has 0 aliphatic carbocycles. The minimum atomic E-state index is 0.521. The fraction of sp³-hybridized carbons (Fsp3) is 0. The molecule has 0 rings (SSSR count). The summed E-state index contributed by atoms with van der Waals surface area (Å²) in [7, 11) is 0. The zero-order valence-corrected chi connectivity index (χ0v) is 8.36. The average molecular weight is 291 g/mol. The number of hydrogen-bond donors (Lipinski definition) is 0. The molecule has 0 unspecified atom stereocenters. The third-order valence-electron chi connectivity index (χ3n) is 0.260. The van der Waals surface area contributed by atoms with E-state index >= 15 is 0 Å². The summed E-state index contributed by atoms with van der Waals surface area (Å²) >= 11 is 6.85. The van der Waals surface area contributed by atoms with Crippen LogP contribution in [0.5, 0.6) is 0 Å². The van der Waals surface area contributed by atoms with E-state index in [1.54, 1.807) is 0 Å². The molecule has 0 aromatic rings. The van der Waals surface area contributed by atoms with Crippen LogP contribution >= 0.6 is 31.9 Å². The molecule has 0 amide bonds. The van der Waals surface area contributed by atoms with E-state index in [0.29, 0.717) is 15.0 Å². The summed E-state index contributed by atoms with van der Waals surface area (Å²) in [5.74, 6) is 0. The molecule has 7 heavy (non-hydrogen) atoms. The maximum atomic E-state index is 3.17. The molecule has 0 spiro atoms. The fourth-order valence-electron chi connectivity index (χ4n) is 0.105. The van der Waals surface area contributed by atoms with E-state index < -0.39 is 0 Å². The van der Waals surface area contributed by atoms with Crippen LogP contribution in [0, 0.1) is 0 Å². The molecule has 0 fully saturated rings. The molecule has 0 nitrogen and oxygen atoms in total. The molecule has 0 aromatic heterocycles. The predicted molar refractivity (Wildman–Crippen MR) is 41.9 cm³/mol. The first-order chi connectivity index (χ1) is 3.41. The van der Waals surface area contributed by atoms with Crippen LogP contribution in [0.15, 0.2) is 19.9 Å². The van der Waals surface area contributed by atoms with E-state index in [4.69, 9.17) is 0 Å². The predicted octanol–water partition coefficient (Wildman–Crippen LogP) is 2.42. The van der Waals surface area contributed by atoms with Crippen LogP contribution in [0.4, 0.5) is 0 Å². The second-order valence-electron chi connectivity index (χ2n) is 0.660. The summed E-state index contributed by atoms with van der Waals surface area (Å²) in [5, 5.41) is 0. The van der Waals surface area contributed by atoms with Crippen LogP contribution in [0.2, 0.25) is 0 Å². The van der Waals surface area contributed by atoms with Crippen LogP contribution in [-0.4, -0.2) is 15.0 Å². The normalized spacial score (nSPS) is 11.7. The molecule has 0 aliphatic heterocycles. The summed E-state index contributed by atoms with van der Waals surface area (Å²) in [6, 6.07) is 0. The van der Waals surface area contributed by atoms with E-state index in [2.05, 4.69) is 41.8 Å². The SMILES string of the molecule is BrC=C[Se]C=CBr. The van der Waals surface area contributed by atoms with Gasteiger partial charge < -0.3 is 0 Å². The van der Waals surface area contributed by atoms with Gasteiger partial charge in [-0.3, -0.25) is 0 Å². The Morgan fingerprint density at radius 3 is 1.71 bits per heavy atom. The second-order valence-corrected chi connectivity index (χ2v) is 3.43. The Morgan fingerprint density at radius 2 is 1.43 bits per heavy atom. The molecule has 0 heterocycles. The number of halogens is 2. The third kappa shape index (κ3) is 6.96. The van der Waals surface area contributed by atoms with Gasteiger partial charge in [-0.15, -0.1) is 0 Å². The fourth-order valence-corrected chi connectivity index (χ4v) is 1.84. The average Bonchev–Trinajstić information content (AvgIpc) is 1.69. The zero-order chi connectivity index (χ0) is 5.54. The van der Waals surface area contributed by atoms with Crippen molar-refractivity contribution < 1.29 is 0 Å². The van der Waals surface area contributed by atoms with E-state index in [9.17, 15) is 0 Å². The van der Waals surface area contributed by atoms with Crippen LogP contribution in [-0.2, 0) is 0 Å². The molecule has 0 aromatic carbocycles. The van der Waals surface area contributed by atoms with Gasteiger partial charge in [0.1, 0.15) is 0 Å². The van der Waals surface area contributed by atoms with Gasteiger partial charge in [0.05, 0.1) is 0 Å². The molecular weight excluding hydrogens is 287 g/mol. The Morgan fingerprint density at radius 1 is 1.00 bits per heavy atom. The van der Waals surface area contributed by atoms with E-state index in [1.807, 2.05) is 9.97 Å². The quantitative estimate of drug-likeness (QED) is 0.685. The zero-order valence-electron chi connectivity index (χ0n) is 3.47. The topological polar surface area (TPSA) is 0 Å². The first kappa shape index (κ1) is 7.96. The third-order valence-corrected chi connectivity index (χ3v) is 3.59. The molecule has 0 radical (unpaired) electrons. The van der Waals surface area contributed by atoms with Gasteiger partial charge in [0.2, 0.25) is 0 Å². The Bertz CT molecular complexity index is 67.8. The molecule has 0 aliphatic rings. The first-order valence-corrected chi connectivity index (χ1v) is 5.38. The van der Waals surface area contributed by atoms with Crippen molar-refractivity contribution in [2.45, 2.75) is 0 Å². The van der Waals surface area contributed by atoms with Crippen molar-refractivity contribution in [2.75, 3.05) is 0 Å². The molecule has 0 bridgehead atoms. The molecule has 0 atom stereocenters. The molecule has 0 saturated heterocycles. The van der Waals surface area contributed by atoms with Crippen molar-refractivity contribution in [2.24, 2.45) is 0 Å². The van der Waals surface area contributed by atoms with Gasteiger partial charge in [0, 0.05) is 0 Å². The van der Waals surface area contributed by atoms with Crippen LogP contribution < -0.4 is 0 Å². The number of hydrogen-bond acceptors (Lipinski definition) is 0.